The minimum Gasteiger partial charge on any atom is -0.448 e. The third kappa shape index (κ3) is 3.59. The highest BCUT2D eigenvalue weighted by Gasteiger charge is 2.22. The summed E-state index contributed by atoms with van der Waals surface area (Å²) in [5.74, 6) is -1.86. The number of carbonyl (C=O) groups excluding carboxylic acids is 2. The Morgan fingerprint density at radius 2 is 1.77 bits per heavy atom. The summed E-state index contributed by atoms with van der Waals surface area (Å²) in [5.41, 5.74) is -0.159. The molecular formula is C18H14FN3O4. The van der Waals surface area contributed by atoms with Crippen molar-refractivity contribution in [1.29, 1.82) is 0 Å². The van der Waals surface area contributed by atoms with E-state index in [-0.39, 0.29) is 11.1 Å². The highest BCUT2D eigenvalue weighted by atomic mass is 19.1. The molecule has 2 aromatic carbocycles. The monoisotopic (exact) mass is 355 g/mol. The number of hydrogen-bond acceptors (Lipinski definition) is 5. The smallest absolute Gasteiger partial charge is 0.360 e. The molecule has 0 aliphatic heterocycles. The molecule has 0 saturated heterocycles. The second-order valence-corrected chi connectivity index (χ2v) is 5.49. The average molecular weight is 355 g/mol. The van der Waals surface area contributed by atoms with E-state index in [2.05, 4.69) is 15.5 Å². The number of anilines is 1. The summed E-state index contributed by atoms with van der Waals surface area (Å²) < 4.78 is 18.0. The SMILES string of the molecule is C[C@H](OC(=O)c1n[nH]c(=O)c2ccccc12)C(=O)Nc1ccc(F)cc1. The maximum absolute atomic E-state index is 12.9. The van der Waals surface area contributed by atoms with Gasteiger partial charge in [0.15, 0.2) is 11.8 Å². The van der Waals surface area contributed by atoms with Gasteiger partial charge < -0.3 is 10.1 Å². The van der Waals surface area contributed by atoms with Crippen LogP contribution in [0.5, 0.6) is 0 Å². The maximum atomic E-state index is 12.9. The van der Waals surface area contributed by atoms with Gasteiger partial charge in [0.1, 0.15) is 5.82 Å². The molecule has 0 unspecified atom stereocenters. The molecule has 0 radical (unpaired) electrons. The Morgan fingerprint density at radius 1 is 1.12 bits per heavy atom. The Labute approximate surface area is 146 Å². The molecule has 1 amide bonds. The first-order valence-electron chi connectivity index (χ1n) is 7.70. The standard InChI is InChI=1S/C18H14FN3O4/c1-10(16(23)20-12-8-6-11(19)7-9-12)26-18(25)15-13-4-2-3-5-14(13)17(24)22-21-15/h2-10H,1H3,(H,20,23)(H,22,24)/t10-/m0/s1. The Balaban J connectivity index is 1.75. The van der Waals surface area contributed by atoms with Crippen molar-refractivity contribution in [3.8, 4) is 0 Å². The number of aromatic nitrogens is 2. The van der Waals surface area contributed by atoms with Crippen LogP contribution < -0.4 is 10.9 Å². The molecule has 132 valence electrons. The minimum atomic E-state index is -1.12. The molecule has 0 saturated carbocycles. The summed E-state index contributed by atoms with van der Waals surface area (Å²) in [6.45, 7) is 1.39. The summed E-state index contributed by atoms with van der Waals surface area (Å²) in [6, 6.07) is 11.6. The summed E-state index contributed by atoms with van der Waals surface area (Å²) in [5, 5.41) is 9.08. The first-order chi connectivity index (χ1) is 12.5. The van der Waals surface area contributed by atoms with Crippen molar-refractivity contribution < 1.29 is 18.7 Å². The van der Waals surface area contributed by atoms with Gasteiger partial charge in [-0.2, -0.15) is 5.10 Å². The Morgan fingerprint density at radius 3 is 2.46 bits per heavy atom. The lowest BCUT2D eigenvalue weighted by molar-refractivity contribution is -0.123. The number of aromatic amines is 1. The number of fused-ring (bicyclic) bond motifs is 1. The molecule has 26 heavy (non-hydrogen) atoms. The van der Waals surface area contributed by atoms with Crippen molar-refractivity contribution >= 4 is 28.3 Å². The minimum absolute atomic E-state index is 0.0957. The van der Waals surface area contributed by atoms with Crippen LogP contribution in [0.15, 0.2) is 53.3 Å². The van der Waals surface area contributed by atoms with Crippen molar-refractivity contribution in [1.82, 2.24) is 10.2 Å². The van der Waals surface area contributed by atoms with Gasteiger partial charge in [-0.3, -0.25) is 9.59 Å². The van der Waals surface area contributed by atoms with Gasteiger partial charge in [-0.25, -0.2) is 14.3 Å². The van der Waals surface area contributed by atoms with Gasteiger partial charge in [-0.15, -0.1) is 0 Å². The Bertz CT molecular complexity index is 1030. The number of H-pyrrole nitrogens is 1. The second-order valence-electron chi connectivity index (χ2n) is 5.49. The molecule has 0 aliphatic rings. The zero-order valence-electron chi connectivity index (χ0n) is 13.7. The molecule has 0 fully saturated rings. The number of halogens is 1. The van der Waals surface area contributed by atoms with Gasteiger partial charge >= 0.3 is 5.97 Å². The third-order valence-electron chi connectivity index (χ3n) is 3.65. The molecule has 7 nitrogen and oxygen atoms in total. The van der Waals surface area contributed by atoms with Crippen molar-refractivity contribution in [2.45, 2.75) is 13.0 Å². The summed E-state index contributed by atoms with van der Waals surface area (Å²) in [4.78, 5) is 36.2. The summed E-state index contributed by atoms with van der Waals surface area (Å²) in [7, 11) is 0. The molecular weight excluding hydrogens is 341 g/mol. The zero-order chi connectivity index (χ0) is 18.7. The van der Waals surface area contributed by atoms with Gasteiger partial charge in [-0.05, 0) is 37.3 Å². The van der Waals surface area contributed by atoms with Gasteiger partial charge in [0.25, 0.3) is 11.5 Å². The van der Waals surface area contributed by atoms with Crippen molar-refractivity contribution in [2.24, 2.45) is 0 Å². The number of hydrogen-bond donors (Lipinski definition) is 2. The lowest BCUT2D eigenvalue weighted by atomic mass is 10.1. The largest absolute Gasteiger partial charge is 0.448 e. The third-order valence-corrected chi connectivity index (χ3v) is 3.65. The van der Waals surface area contributed by atoms with Crippen LogP contribution in [0.1, 0.15) is 17.4 Å². The van der Waals surface area contributed by atoms with E-state index in [0.717, 1.165) is 0 Å². The van der Waals surface area contributed by atoms with E-state index in [1.807, 2.05) is 0 Å². The predicted octanol–water partition coefficient (Wildman–Crippen LogP) is 2.25. The molecule has 8 heteroatoms. The van der Waals surface area contributed by atoms with E-state index in [1.165, 1.54) is 31.2 Å². The molecule has 0 aliphatic carbocycles. The molecule has 2 N–H and O–H groups in total. The lowest BCUT2D eigenvalue weighted by Crippen LogP contribution is -2.30. The molecule has 1 aromatic heterocycles. The average Bonchev–Trinajstić information content (AvgIpc) is 2.64. The van der Waals surface area contributed by atoms with E-state index in [4.69, 9.17) is 4.74 Å². The number of benzene rings is 2. The summed E-state index contributed by atoms with van der Waals surface area (Å²) in [6.07, 6.45) is -1.12. The topological polar surface area (TPSA) is 101 Å². The van der Waals surface area contributed by atoms with Gasteiger partial charge in [0.2, 0.25) is 0 Å². The van der Waals surface area contributed by atoms with Crippen LogP contribution in [0.4, 0.5) is 10.1 Å². The van der Waals surface area contributed by atoms with Crippen LogP contribution in [-0.2, 0) is 9.53 Å². The molecule has 3 rings (SSSR count). The normalized spacial score (nSPS) is 11.8. The van der Waals surface area contributed by atoms with Crippen molar-refractivity contribution in [2.75, 3.05) is 5.32 Å². The van der Waals surface area contributed by atoms with Crippen LogP contribution in [0.2, 0.25) is 0 Å². The van der Waals surface area contributed by atoms with Crippen LogP contribution >= 0.6 is 0 Å². The maximum Gasteiger partial charge on any atom is 0.360 e. The van der Waals surface area contributed by atoms with E-state index in [1.54, 1.807) is 24.3 Å². The number of nitrogens with zero attached hydrogens (tertiary/aromatic N) is 1. The zero-order valence-corrected chi connectivity index (χ0v) is 13.7. The number of amides is 1. The van der Waals surface area contributed by atoms with E-state index in [9.17, 15) is 18.8 Å². The molecule has 1 heterocycles. The van der Waals surface area contributed by atoms with Crippen LogP contribution in [0, 0.1) is 5.82 Å². The highest BCUT2D eigenvalue weighted by Crippen LogP contribution is 2.15. The Hall–Kier alpha value is -3.55. The highest BCUT2D eigenvalue weighted by molar-refractivity contribution is 6.03. The number of ether oxygens (including phenoxy) is 1. The predicted molar refractivity (Wildman–Crippen MR) is 92.3 cm³/mol. The second kappa shape index (κ2) is 7.14. The van der Waals surface area contributed by atoms with Crippen molar-refractivity contribution in [3.63, 3.8) is 0 Å². The first kappa shape index (κ1) is 17.3. The van der Waals surface area contributed by atoms with Gasteiger partial charge in [0.05, 0.1) is 5.39 Å². The Kier molecular flexibility index (Phi) is 4.74. The molecule has 0 bridgehead atoms. The fourth-order valence-corrected chi connectivity index (χ4v) is 2.32. The number of carbonyl (C=O) groups is 2. The van der Waals surface area contributed by atoms with E-state index < -0.39 is 29.4 Å². The fourth-order valence-electron chi connectivity index (χ4n) is 2.32. The molecule has 0 spiro atoms. The van der Waals surface area contributed by atoms with Gasteiger partial charge in [-0.1, -0.05) is 18.2 Å². The first-order valence-corrected chi connectivity index (χ1v) is 7.70. The quantitative estimate of drug-likeness (QED) is 0.699. The van der Waals surface area contributed by atoms with Crippen molar-refractivity contribution in [3.05, 3.63) is 70.4 Å². The number of nitrogens with one attached hydrogen (secondary N) is 2. The van der Waals surface area contributed by atoms with Crippen LogP contribution in [0.25, 0.3) is 10.8 Å². The lowest BCUT2D eigenvalue weighted by Gasteiger charge is -2.13. The van der Waals surface area contributed by atoms with Crippen LogP contribution in [-0.4, -0.2) is 28.2 Å². The molecule has 3 aromatic rings. The molecule has 1 atom stereocenters. The van der Waals surface area contributed by atoms with E-state index in [0.29, 0.717) is 11.1 Å². The van der Waals surface area contributed by atoms with Gasteiger partial charge in [0, 0.05) is 11.1 Å². The van der Waals surface area contributed by atoms with E-state index >= 15 is 0 Å². The van der Waals surface area contributed by atoms with Crippen LogP contribution in [0.3, 0.4) is 0 Å². The fraction of sp³-hybridized carbons (Fsp3) is 0.111. The number of esters is 1. The number of rotatable bonds is 4. The summed E-state index contributed by atoms with van der Waals surface area (Å²) >= 11 is 0.